The largest absolute Gasteiger partial charge is 0.459 e. The van der Waals surface area contributed by atoms with Gasteiger partial charge >= 0.3 is 0 Å². The van der Waals surface area contributed by atoms with E-state index in [1.165, 1.54) is 12.3 Å². The van der Waals surface area contributed by atoms with Crippen molar-refractivity contribution < 1.29 is 13.6 Å². The number of halogens is 2. The molecule has 1 aliphatic heterocycles. The summed E-state index contributed by atoms with van der Waals surface area (Å²) in [6, 6.07) is 10.1. The van der Waals surface area contributed by atoms with Crippen molar-refractivity contribution in [2.45, 2.75) is 12.8 Å². The average molecular weight is 500 g/mol. The van der Waals surface area contributed by atoms with E-state index < -0.39 is 0 Å². The van der Waals surface area contributed by atoms with Crippen LogP contribution in [0.1, 0.15) is 22.5 Å². The maximum Gasteiger partial charge on any atom is 0.289 e. The number of hydrogen-bond acceptors (Lipinski definition) is 3. The molecule has 1 saturated heterocycles. The van der Waals surface area contributed by atoms with E-state index in [-0.39, 0.29) is 35.7 Å². The van der Waals surface area contributed by atoms with Crippen LogP contribution < -0.4 is 5.32 Å². The highest BCUT2D eigenvalue weighted by Crippen LogP contribution is 2.10. The molecule has 0 aliphatic carbocycles. The fourth-order valence-electron chi connectivity index (χ4n) is 3.19. The van der Waals surface area contributed by atoms with Crippen molar-refractivity contribution >= 4 is 35.8 Å². The van der Waals surface area contributed by atoms with Crippen LogP contribution in [-0.2, 0) is 6.42 Å². The number of amides is 1. The second kappa shape index (κ2) is 11.0. The second-order valence-electron chi connectivity index (χ2n) is 6.46. The predicted molar refractivity (Wildman–Crippen MR) is 118 cm³/mol. The highest BCUT2D eigenvalue weighted by Gasteiger charge is 2.24. The van der Waals surface area contributed by atoms with Crippen LogP contribution >= 0.6 is 24.0 Å². The van der Waals surface area contributed by atoms with Gasteiger partial charge in [-0.25, -0.2) is 4.39 Å². The zero-order valence-electron chi connectivity index (χ0n) is 15.9. The molecule has 2 heterocycles. The van der Waals surface area contributed by atoms with Crippen molar-refractivity contribution in [3.63, 3.8) is 0 Å². The van der Waals surface area contributed by atoms with Gasteiger partial charge in [0.25, 0.3) is 5.91 Å². The standard InChI is InChI=1S/C20H25FN4O2.HI/c1-22-20(23-9-3-6-16-5-2-7-17(21)15-16)25-12-10-24(11-13-25)19(26)18-8-4-14-27-18;/h2,4-5,7-8,14-15H,3,6,9-13H2,1H3,(H,22,23);1H. The minimum absolute atomic E-state index is 0. The summed E-state index contributed by atoms with van der Waals surface area (Å²) in [6.45, 7) is 3.45. The molecule has 0 saturated carbocycles. The number of guanidine groups is 1. The fraction of sp³-hybridized carbons (Fsp3) is 0.400. The molecule has 1 aromatic heterocycles. The maximum absolute atomic E-state index is 13.2. The van der Waals surface area contributed by atoms with E-state index in [4.69, 9.17) is 4.42 Å². The van der Waals surface area contributed by atoms with Gasteiger partial charge in [0.15, 0.2) is 11.7 Å². The van der Waals surface area contributed by atoms with Crippen LogP contribution in [0.5, 0.6) is 0 Å². The Labute approximate surface area is 181 Å². The molecule has 0 spiro atoms. The van der Waals surface area contributed by atoms with Crippen molar-refractivity contribution in [1.82, 2.24) is 15.1 Å². The van der Waals surface area contributed by atoms with Gasteiger partial charge in [-0.15, -0.1) is 24.0 Å². The smallest absolute Gasteiger partial charge is 0.289 e. The number of benzene rings is 1. The molecule has 0 bridgehead atoms. The molecule has 152 valence electrons. The number of carbonyl (C=O) groups is 1. The molecule has 1 N–H and O–H groups in total. The number of carbonyl (C=O) groups excluding carboxylic acids is 1. The average Bonchev–Trinajstić information content (AvgIpc) is 3.23. The third-order valence-electron chi connectivity index (χ3n) is 4.62. The van der Waals surface area contributed by atoms with Crippen molar-refractivity contribution in [2.75, 3.05) is 39.8 Å². The number of aryl methyl sites for hydroxylation is 1. The summed E-state index contributed by atoms with van der Waals surface area (Å²) >= 11 is 0. The Bertz CT molecular complexity index is 774. The molecule has 1 aromatic carbocycles. The van der Waals surface area contributed by atoms with Crippen molar-refractivity contribution in [3.05, 3.63) is 59.8 Å². The number of aliphatic imine (C=N–C) groups is 1. The number of furan rings is 1. The minimum Gasteiger partial charge on any atom is -0.459 e. The summed E-state index contributed by atoms with van der Waals surface area (Å²) in [5.74, 6) is 0.943. The number of nitrogens with one attached hydrogen (secondary N) is 1. The summed E-state index contributed by atoms with van der Waals surface area (Å²) in [7, 11) is 1.76. The Morgan fingerprint density at radius 2 is 1.93 bits per heavy atom. The van der Waals surface area contributed by atoms with Crippen LogP contribution in [0.15, 0.2) is 52.1 Å². The maximum atomic E-state index is 13.2. The van der Waals surface area contributed by atoms with Crippen LogP contribution in [0.2, 0.25) is 0 Å². The lowest BCUT2D eigenvalue weighted by Crippen LogP contribution is -2.53. The van der Waals surface area contributed by atoms with Gasteiger partial charge in [0.1, 0.15) is 5.82 Å². The molecule has 1 fully saturated rings. The fourth-order valence-corrected chi connectivity index (χ4v) is 3.19. The van der Waals surface area contributed by atoms with Gasteiger partial charge in [0, 0.05) is 39.8 Å². The monoisotopic (exact) mass is 500 g/mol. The molecule has 0 unspecified atom stereocenters. The Hall–Kier alpha value is -2.10. The topological polar surface area (TPSA) is 61.1 Å². The van der Waals surface area contributed by atoms with Crippen LogP contribution in [-0.4, -0.2) is 61.4 Å². The summed E-state index contributed by atoms with van der Waals surface area (Å²) in [6.07, 6.45) is 3.21. The van der Waals surface area contributed by atoms with Gasteiger partial charge in [-0.1, -0.05) is 12.1 Å². The Kier molecular flexibility index (Phi) is 8.75. The second-order valence-corrected chi connectivity index (χ2v) is 6.46. The lowest BCUT2D eigenvalue weighted by atomic mass is 10.1. The van der Waals surface area contributed by atoms with Gasteiger partial charge in [0.05, 0.1) is 6.26 Å². The minimum atomic E-state index is -0.196. The lowest BCUT2D eigenvalue weighted by molar-refractivity contribution is 0.0658. The molecular weight excluding hydrogens is 474 g/mol. The van der Waals surface area contributed by atoms with E-state index in [0.717, 1.165) is 44.0 Å². The number of nitrogens with zero attached hydrogens (tertiary/aromatic N) is 3. The number of piperazine rings is 1. The van der Waals surface area contributed by atoms with Crippen molar-refractivity contribution in [2.24, 2.45) is 4.99 Å². The molecule has 6 nitrogen and oxygen atoms in total. The Morgan fingerprint density at radius 3 is 2.57 bits per heavy atom. The first-order valence-corrected chi connectivity index (χ1v) is 9.20. The summed E-state index contributed by atoms with van der Waals surface area (Å²) in [5, 5.41) is 3.36. The van der Waals surface area contributed by atoms with E-state index in [1.807, 2.05) is 6.07 Å². The van der Waals surface area contributed by atoms with Crippen molar-refractivity contribution in [3.8, 4) is 0 Å². The molecular formula is C20H26FIN4O2. The van der Waals surface area contributed by atoms with E-state index >= 15 is 0 Å². The molecule has 2 aromatic rings. The summed E-state index contributed by atoms with van der Waals surface area (Å²) in [4.78, 5) is 20.6. The Morgan fingerprint density at radius 1 is 1.18 bits per heavy atom. The molecule has 1 aliphatic rings. The van der Waals surface area contributed by atoms with Crippen LogP contribution in [0.3, 0.4) is 0 Å². The van der Waals surface area contributed by atoms with E-state index in [0.29, 0.717) is 18.8 Å². The van der Waals surface area contributed by atoms with Gasteiger partial charge in [-0.3, -0.25) is 9.79 Å². The summed E-state index contributed by atoms with van der Waals surface area (Å²) < 4.78 is 18.4. The van der Waals surface area contributed by atoms with Gasteiger partial charge < -0.3 is 19.5 Å². The first-order chi connectivity index (χ1) is 13.2. The first-order valence-electron chi connectivity index (χ1n) is 9.20. The predicted octanol–water partition coefficient (Wildman–Crippen LogP) is 3.00. The highest BCUT2D eigenvalue weighted by atomic mass is 127. The first kappa shape index (κ1) is 22.2. The normalized spacial score (nSPS) is 14.6. The number of rotatable bonds is 5. The molecule has 3 rings (SSSR count). The van der Waals surface area contributed by atoms with E-state index in [2.05, 4.69) is 15.2 Å². The number of hydrogen-bond donors (Lipinski definition) is 1. The zero-order chi connectivity index (χ0) is 19.1. The SMILES string of the molecule is CN=C(NCCCc1cccc(F)c1)N1CCN(C(=O)c2ccco2)CC1.I. The molecule has 0 atom stereocenters. The molecule has 1 amide bonds. The van der Waals surface area contributed by atoms with E-state index in [1.54, 1.807) is 36.2 Å². The van der Waals surface area contributed by atoms with Gasteiger partial charge in [0.2, 0.25) is 0 Å². The third-order valence-corrected chi connectivity index (χ3v) is 4.62. The van der Waals surface area contributed by atoms with E-state index in [9.17, 15) is 9.18 Å². The highest BCUT2D eigenvalue weighted by molar-refractivity contribution is 14.0. The Balaban J connectivity index is 0.00000280. The lowest BCUT2D eigenvalue weighted by Gasteiger charge is -2.36. The zero-order valence-corrected chi connectivity index (χ0v) is 18.3. The molecule has 0 radical (unpaired) electrons. The third kappa shape index (κ3) is 5.95. The molecule has 8 heteroatoms. The van der Waals surface area contributed by atoms with Gasteiger partial charge in [-0.2, -0.15) is 0 Å². The van der Waals surface area contributed by atoms with Crippen molar-refractivity contribution in [1.29, 1.82) is 0 Å². The van der Waals surface area contributed by atoms with Crippen LogP contribution in [0.4, 0.5) is 4.39 Å². The van der Waals surface area contributed by atoms with Crippen LogP contribution in [0.25, 0.3) is 0 Å². The molecule has 28 heavy (non-hydrogen) atoms. The van der Waals surface area contributed by atoms with Gasteiger partial charge in [-0.05, 0) is 42.7 Å². The summed E-state index contributed by atoms with van der Waals surface area (Å²) in [5.41, 5.74) is 0.997. The van der Waals surface area contributed by atoms with Crippen LogP contribution in [0, 0.1) is 5.82 Å². The quantitative estimate of drug-likeness (QED) is 0.297.